The highest BCUT2D eigenvalue weighted by atomic mass is 32.1. The first kappa shape index (κ1) is 8.69. The lowest BCUT2D eigenvalue weighted by molar-refractivity contribution is 1.70. The van der Waals surface area contributed by atoms with E-state index in [4.69, 9.17) is 0 Å². The molecule has 1 heterocycles. The van der Waals surface area contributed by atoms with Crippen LogP contribution in [0.1, 0.15) is 0 Å². The zero-order chi connectivity index (χ0) is 10.1. The van der Waals surface area contributed by atoms with E-state index in [0.717, 1.165) is 0 Å². The van der Waals surface area contributed by atoms with E-state index in [2.05, 4.69) is 42.5 Å². The van der Waals surface area contributed by atoms with Gasteiger partial charge in [0.15, 0.2) is 0 Å². The van der Waals surface area contributed by atoms with E-state index in [1.54, 1.807) is 0 Å². The summed E-state index contributed by atoms with van der Waals surface area (Å²) in [7, 11) is 0. The van der Waals surface area contributed by atoms with Crippen LogP contribution in [0.3, 0.4) is 0 Å². The van der Waals surface area contributed by atoms with Crippen LogP contribution >= 0.6 is 11.3 Å². The molecule has 0 N–H and O–H groups in total. The summed E-state index contributed by atoms with van der Waals surface area (Å²) in [6.07, 6.45) is 0. The smallest absolute Gasteiger partial charge is 0.0355 e. The van der Waals surface area contributed by atoms with E-state index in [1.807, 2.05) is 29.5 Å². The molecule has 0 nitrogen and oxygen atoms in total. The van der Waals surface area contributed by atoms with E-state index in [0.29, 0.717) is 0 Å². The van der Waals surface area contributed by atoms with Gasteiger partial charge in [-0.2, -0.15) is 0 Å². The first-order chi connectivity index (χ1) is 7.43. The van der Waals surface area contributed by atoms with Gasteiger partial charge in [-0.25, -0.2) is 0 Å². The molecule has 1 aromatic heterocycles. The van der Waals surface area contributed by atoms with Crippen LogP contribution in [0.5, 0.6) is 0 Å². The summed E-state index contributed by atoms with van der Waals surface area (Å²) in [5.74, 6) is 0. The van der Waals surface area contributed by atoms with Gasteiger partial charge in [0, 0.05) is 9.58 Å². The lowest BCUT2D eigenvalue weighted by Crippen LogP contribution is -1.67. The molecule has 1 radical (unpaired) electrons. The highest BCUT2D eigenvalue weighted by molar-refractivity contribution is 7.22. The molecule has 0 aliphatic heterocycles. The fourth-order valence-electron chi connectivity index (χ4n) is 1.67. The molecule has 0 aliphatic carbocycles. The number of hydrogen-bond donors (Lipinski definition) is 0. The van der Waals surface area contributed by atoms with Crippen LogP contribution < -0.4 is 0 Å². The van der Waals surface area contributed by atoms with Crippen LogP contribution in [-0.2, 0) is 0 Å². The molecular formula is C14H9S. The second kappa shape index (κ2) is 3.52. The lowest BCUT2D eigenvalue weighted by Gasteiger charge is -1.93. The fourth-order valence-corrected chi connectivity index (χ4v) is 2.72. The van der Waals surface area contributed by atoms with Gasteiger partial charge in [0.2, 0.25) is 0 Å². The summed E-state index contributed by atoms with van der Waals surface area (Å²) in [5.41, 5.74) is 1.29. The van der Waals surface area contributed by atoms with Gasteiger partial charge in [-0.05, 0) is 35.2 Å². The third-order valence-electron chi connectivity index (χ3n) is 2.42. The molecule has 71 valence electrons. The molecule has 0 atom stereocenters. The molecule has 0 saturated carbocycles. The zero-order valence-corrected chi connectivity index (χ0v) is 8.92. The maximum absolute atomic E-state index is 3.11. The average Bonchev–Trinajstić information content (AvgIpc) is 2.74. The minimum atomic E-state index is 1.28. The Morgan fingerprint density at radius 2 is 1.87 bits per heavy atom. The largest absolute Gasteiger partial charge is 0.135 e. The van der Waals surface area contributed by atoms with Gasteiger partial charge >= 0.3 is 0 Å². The van der Waals surface area contributed by atoms with Gasteiger partial charge in [-0.1, -0.05) is 36.4 Å². The molecule has 0 fully saturated rings. The monoisotopic (exact) mass is 209 g/mol. The molecule has 2 aromatic carbocycles. The van der Waals surface area contributed by atoms with E-state index in [1.165, 1.54) is 20.5 Å². The third kappa shape index (κ3) is 1.55. The Labute approximate surface area is 92.8 Å². The minimum Gasteiger partial charge on any atom is -0.135 e. The molecule has 0 aliphatic rings. The number of benzene rings is 2. The SMILES string of the molecule is [c]1ccc2sc(-c3ccccc3)cc2c1. The van der Waals surface area contributed by atoms with Crippen molar-refractivity contribution < 1.29 is 0 Å². The first-order valence-corrected chi connectivity index (χ1v) is 5.70. The highest BCUT2D eigenvalue weighted by Crippen LogP contribution is 2.32. The van der Waals surface area contributed by atoms with Crippen molar-refractivity contribution >= 4 is 21.4 Å². The van der Waals surface area contributed by atoms with Gasteiger partial charge in [0.05, 0.1) is 0 Å². The van der Waals surface area contributed by atoms with Crippen LogP contribution in [0.25, 0.3) is 20.5 Å². The molecular weight excluding hydrogens is 200 g/mol. The van der Waals surface area contributed by atoms with Crippen LogP contribution in [0.15, 0.2) is 54.6 Å². The summed E-state index contributed by atoms with van der Waals surface area (Å²) in [6, 6.07) is 21.9. The first-order valence-electron chi connectivity index (χ1n) is 4.88. The topological polar surface area (TPSA) is 0 Å². The highest BCUT2D eigenvalue weighted by Gasteiger charge is 2.02. The van der Waals surface area contributed by atoms with Gasteiger partial charge in [0.1, 0.15) is 0 Å². The molecule has 0 spiro atoms. The van der Waals surface area contributed by atoms with Crippen molar-refractivity contribution in [1.82, 2.24) is 0 Å². The van der Waals surface area contributed by atoms with Crippen molar-refractivity contribution in [2.75, 3.05) is 0 Å². The molecule has 15 heavy (non-hydrogen) atoms. The summed E-state index contributed by atoms with van der Waals surface area (Å²) in [6.45, 7) is 0. The quantitative estimate of drug-likeness (QED) is 0.558. The normalized spacial score (nSPS) is 10.7. The standard InChI is InChI=1S/C14H9S/c1-2-6-11(7-3-1)14-10-12-8-4-5-9-13(12)15-14/h1-3,5-10H. The Morgan fingerprint density at radius 1 is 1.00 bits per heavy atom. The van der Waals surface area contributed by atoms with Gasteiger partial charge in [-0.3, -0.25) is 0 Å². The molecule has 1 heteroatoms. The lowest BCUT2D eigenvalue weighted by atomic mass is 10.2. The summed E-state index contributed by atoms with van der Waals surface area (Å²) in [5, 5.41) is 1.28. The zero-order valence-electron chi connectivity index (χ0n) is 8.10. The Hall–Kier alpha value is -1.60. The molecule has 0 saturated heterocycles. The van der Waals surface area contributed by atoms with Crippen molar-refractivity contribution in [2.45, 2.75) is 0 Å². The van der Waals surface area contributed by atoms with E-state index < -0.39 is 0 Å². The van der Waals surface area contributed by atoms with Crippen LogP contribution in [0.4, 0.5) is 0 Å². The Balaban J connectivity index is 2.21. The van der Waals surface area contributed by atoms with Crippen molar-refractivity contribution in [1.29, 1.82) is 0 Å². The van der Waals surface area contributed by atoms with Crippen molar-refractivity contribution in [3.63, 3.8) is 0 Å². The molecule has 0 bridgehead atoms. The van der Waals surface area contributed by atoms with Crippen LogP contribution in [0.2, 0.25) is 0 Å². The predicted octanol–water partition coefficient (Wildman–Crippen LogP) is 4.37. The number of hydrogen-bond acceptors (Lipinski definition) is 1. The number of rotatable bonds is 1. The summed E-state index contributed by atoms with van der Waals surface area (Å²) in [4.78, 5) is 1.32. The summed E-state index contributed by atoms with van der Waals surface area (Å²) < 4.78 is 1.33. The van der Waals surface area contributed by atoms with Crippen LogP contribution in [-0.4, -0.2) is 0 Å². The number of thiophene rings is 1. The second-order valence-corrected chi connectivity index (χ2v) is 4.52. The maximum atomic E-state index is 3.11. The van der Waals surface area contributed by atoms with Gasteiger partial charge < -0.3 is 0 Å². The Morgan fingerprint density at radius 3 is 2.67 bits per heavy atom. The van der Waals surface area contributed by atoms with E-state index in [-0.39, 0.29) is 0 Å². The fraction of sp³-hybridized carbons (Fsp3) is 0. The Bertz CT molecular complexity index is 545. The number of fused-ring (bicyclic) bond motifs is 1. The predicted molar refractivity (Wildman–Crippen MR) is 66.1 cm³/mol. The van der Waals surface area contributed by atoms with Crippen molar-refractivity contribution in [2.24, 2.45) is 0 Å². The van der Waals surface area contributed by atoms with Crippen molar-refractivity contribution in [3.05, 3.63) is 60.7 Å². The Kier molecular flexibility index (Phi) is 2.04. The van der Waals surface area contributed by atoms with E-state index in [9.17, 15) is 0 Å². The van der Waals surface area contributed by atoms with Gasteiger partial charge in [0.25, 0.3) is 0 Å². The summed E-state index contributed by atoms with van der Waals surface area (Å²) >= 11 is 1.83. The minimum absolute atomic E-state index is 1.28. The van der Waals surface area contributed by atoms with E-state index >= 15 is 0 Å². The van der Waals surface area contributed by atoms with Crippen molar-refractivity contribution in [3.8, 4) is 10.4 Å². The molecule has 3 aromatic rings. The van der Waals surface area contributed by atoms with Gasteiger partial charge in [-0.15, -0.1) is 11.3 Å². The average molecular weight is 209 g/mol. The maximum Gasteiger partial charge on any atom is 0.0355 e. The third-order valence-corrected chi connectivity index (χ3v) is 3.58. The molecule has 3 rings (SSSR count). The molecule has 0 unspecified atom stereocenters. The van der Waals surface area contributed by atoms with Crippen LogP contribution in [0, 0.1) is 6.07 Å². The second-order valence-electron chi connectivity index (χ2n) is 3.44. The molecule has 0 amide bonds.